The predicted molar refractivity (Wildman–Crippen MR) is 91.4 cm³/mol. The van der Waals surface area contributed by atoms with Gasteiger partial charge in [0.2, 0.25) is 5.91 Å². The van der Waals surface area contributed by atoms with Gasteiger partial charge >= 0.3 is 12.1 Å². The molecule has 1 aromatic carbocycles. The number of anilines is 1. The molecule has 0 saturated carbocycles. The summed E-state index contributed by atoms with van der Waals surface area (Å²) in [5.74, 6) is -1.94. The van der Waals surface area contributed by atoms with Crippen LogP contribution in [-0.2, 0) is 15.7 Å². The summed E-state index contributed by atoms with van der Waals surface area (Å²) in [5.41, 5.74) is 3.79. The molecule has 0 aliphatic carbocycles. The maximum atomic E-state index is 13.5. The lowest BCUT2D eigenvalue weighted by Gasteiger charge is -2.14. The highest BCUT2D eigenvalue weighted by molar-refractivity contribution is 5.93. The Balaban J connectivity index is 2.45. The van der Waals surface area contributed by atoms with Crippen molar-refractivity contribution in [2.45, 2.75) is 20.0 Å². The third-order valence-corrected chi connectivity index (χ3v) is 3.69. The number of rotatable bonds is 6. The van der Waals surface area contributed by atoms with Crippen LogP contribution < -0.4 is 11.1 Å². The number of esters is 1. The molecule has 2 aromatic rings. The maximum absolute atomic E-state index is 13.5. The van der Waals surface area contributed by atoms with Crippen molar-refractivity contribution in [3.05, 3.63) is 41.7 Å². The average Bonchev–Trinajstić information content (AvgIpc) is 3.07. The molecule has 0 radical (unpaired) electrons. The van der Waals surface area contributed by atoms with E-state index in [1.807, 2.05) is 0 Å². The van der Waals surface area contributed by atoms with Gasteiger partial charge < -0.3 is 15.8 Å². The van der Waals surface area contributed by atoms with Crippen LogP contribution in [0.2, 0.25) is 0 Å². The summed E-state index contributed by atoms with van der Waals surface area (Å²) in [7, 11) is 0. The van der Waals surface area contributed by atoms with Crippen molar-refractivity contribution < 1.29 is 27.5 Å². The van der Waals surface area contributed by atoms with E-state index < -0.39 is 29.3 Å². The SMILES string of the molecule is CCOC(=O)c1cnn(-c2cccc(NC(=O)C(C)CN)c2)c1C(F)(F)F. The molecule has 10 heteroatoms. The van der Waals surface area contributed by atoms with Gasteiger partial charge in [-0.2, -0.15) is 18.3 Å². The van der Waals surface area contributed by atoms with Gasteiger partial charge in [-0.3, -0.25) is 4.79 Å². The third-order valence-electron chi connectivity index (χ3n) is 3.69. The molecule has 1 atom stereocenters. The highest BCUT2D eigenvalue weighted by atomic mass is 19.4. The normalized spacial score (nSPS) is 12.5. The minimum absolute atomic E-state index is 0.0241. The van der Waals surface area contributed by atoms with Crippen LogP contribution in [0.1, 0.15) is 29.9 Å². The Morgan fingerprint density at radius 3 is 2.67 bits per heavy atom. The van der Waals surface area contributed by atoms with Crippen LogP contribution in [0.3, 0.4) is 0 Å². The number of amides is 1. The Morgan fingerprint density at radius 1 is 1.37 bits per heavy atom. The monoisotopic (exact) mass is 384 g/mol. The predicted octanol–water partition coefficient (Wildman–Crippen LogP) is 2.60. The molecule has 0 spiro atoms. The maximum Gasteiger partial charge on any atom is 0.434 e. The highest BCUT2D eigenvalue weighted by Gasteiger charge is 2.41. The lowest BCUT2D eigenvalue weighted by atomic mass is 10.1. The van der Waals surface area contributed by atoms with Gasteiger partial charge in [0.1, 0.15) is 5.56 Å². The zero-order valence-electron chi connectivity index (χ0n) is 14.7. The molecule has 2 rings (SSSR count). The second-order valence-corrected chi connectivity index (χ2v) is 5.71. The Morgan fingerprint density at radius 2 is 2.07 bits per heavy atom. The van der Waals surface area contributed by atoms with E-state index in [0.717, 1.165) is 6.20 Å². The van der Waals surface area contributed by atoms with E-state index in [1.54, 1.807) is 6.92 Å². The molecule has 146 valence electrons. The number of ether oxygens (including phenoxy) is 1. The summed E-state index contributed by atoms with van der Waals surface area (Å²) in [5, 5.41) is 6.27. The number of nitrogens with two attached hydrogens (primary N) is 1. The van der Waals surface area contributed by atoms with E-state index in [-0.39, 0.29) is 30.4 Å². The molecule has 0 aliphatic rings. The fourth-order valence-electron chi connectivity index (χ4n) is 2.26. The Labute approximate surface area is 153 Å². The first-order chi connectivity index (χ1) is 12.7. The summed E-state index contributed by atoms with van der Waals surface area (Å²) in [6.07, 6.45) is -4.03. The molecule has 0 bridgehead atoms. The zero-order chi connectivity index (χ0) is 20.2. The molecule has 1 unspecified atom stereocenters. The third kappa shape index (κ3) is 4.64. The van der Waals surface area contributed by atoms with Crippen LogP contribution in [0.4, 0.5) is 18.9 Å². The Kier molecular flexibility index (Phi) is 6.21. The van der Waals surface area contributed by atoms with Gasteiger partial charge in [0, 0.05) is 18.2 Å². The molecule has 0 saturated heterocycles. The summed E-state index contributed by atoms with van der Waals surface area (Å²) in [6.45, 7) is 3.18. The summed E-state index contributed by atoms with van der Waals surface area (Å²) in [6, 6.07) is 5.68. The minimum Gasteiger partial charge on any atom is -0.462 e. The van der Waals surface area contributed by atoms with E-state index in [4.69, 9.17) is 5.73 Å². The summed E-state index contributed by atoms with van der Waals surface area (Å²) >= 11 is 0. The molecule has 3 N–H and O–H groups in total. The lowest BCUT2D eigenvalue weighted by Crippen LogP contribution is -2.26. The largest absolute Gasteiger partial charge is 0.462 e. The zero-order valence-corrected chi connectivity index (χ0v) is 14.7. The van der Waals surface area contributed by atoms with Gasteiger partial charge in [-0.15, -0.1) is 0 Å². The first kappa shape index (κ1) is 20.4. The fraction of sp³-hybridized carbons (Fsp3) is 0.353. The van der Waals surface area contributed by atoms with Crippen molar-refractivity contribution in [2.24, 2.45) is 11.7 Å². The number of hydrogen-bond acceptors (Lipinski definition) is 5. The van der Waals surface area contributed by atoms with E-state index in [9.17, 15) is 22.8 Å². The molecule has 1 amide bonds. The average molecular weight is 384 g/mol. The van der Waals surface area contributed by atoms with Crippen molar-refractivity contribution >= 4 is 17.6 Å². The van der Waals surface area contributed by atoms with Crippen LogP contribution in [0.15, 0.2) is 30.5 Å². The number of halogens is 3. The minimum atomic E-state index is -4.84. The topological polar surface area (TPSA) is 99.2 Å². The molecule has 1 aromatic heterocycles. The van der Waals surface area contributed by atoms with Gasteiger partial charge in [-0.25, -0.2) is 9.48 Å². The van der Waals surface area contributed by atoms with Crippen LogP contribution in [0.25, 0.3) is 5.69 Å². The van der Waals surface area contributed by atoms with Gasteiger partial charge in [0.15, 0.2) is 5.69 Å². The van der Waals surface area contributed by atoms with Crippen LogP contribution in [0, 0.1) is 5.92 Å². The second kappa shape index (κ2) is 8.21. The van der Waals surface area contributed by atoms with Crippen LogP contribution in [0.5, 0.6) is 0 Å². The van der Waals surface area contributed by atoms with Crippen molar-refractivity contribution in [3.63, 3.8) is 0 Å². The van der Waals surface area contributed by atoms with Crippen molar-refractivity contribution in [1.29, 1.82) is 0 Å². The van der Waals surface area contributed by atoms with Gasteiger partial charge in [0.25, 0.3) is 0 Å². The molecule has 0 aliphatic heterocycles. The van der Waals surface area contributed by atoms with Crippen LogP contribution in [-0.4, -0.2) is 34.8 Å². The molecular weight excluding hydrogens is 365 g/mol. The second-order valence-electron chi connectivity index (χ2n) is 5.71. The smallest absolute Gasteiger partial charge is 0.434 e. The number of hydrogen-bond donors (Lipinski definition) is 2. The quantitative estimate of drug-likeness (QED) is 0.746. The standard InChI is InChI=1S/C17H19F3N4O3/c1-3-27-16(26)13-9-22-24(14(13)17(18,19)20)12-6-4-5-11(7-12)23-15(25)10(2)8-21/h4-7,9-10H,3,8,21H2,1-2H3,(H,23,25). The summed E-state index contributed by atoms with van der Waals surface area (Å²) in [4.78, 5) is 23.8. The van der Waals surface area contributed by atoms with E-state index in [1.165, 1.54) is 31.2 Å². The first-order valence-electron chi connectivity index (χ1n) is 8.12. The number of alkyl halides is 3. The van der Waals surface area contributed by atoms with Gasteiger partial charge in [0.05, 0.1) is 18.5 Å². The number of carbonyl (C=O) groups is 2. The Hall–Kier alpha value is -2.88. The molecule has 27 heavy (non-hydrogen) atoms. The molecule has 7 nitrogen and oxygen atoms in total. The molecular formula is C17H19F3N4O3. The van der Waals surface area contributed by atoms with E-state index in [2.05, 4.69) is 15.2 Å². The molecule has 0 fully saturated rings. The fourth-order valence-corrected chi connectivity index (χ4v) is 2.26. The van der Waals surface area contributed by atoms with Gasteiger partial charge in [-0.1, -0.05) is 13.0 Å². The molecule has 1 heterocycles. The van der Waals surface area contributed by atoms with Gasteiger partial charge in [-0.05, 0) is 25.1 Å². The first-order valence-corrected chi connectivity index (χ1v) is 8.12. The van der Waals surface area contributed by atoms with E-state index in [0.29, 0.717) is 4.68 Å². The van der Waals surface area contributed by atoms with Crippen molar-refractivity contribution in [3.8, 4) is 5.69 Å². The number of nitrogens with one attached hydrogen (secondary N) is 1. The highest BCUT2D eigenvalue weighted by Crippen LogP contribution is 2.34. The summed E-state index contributed by atoms with van der Waals surface area (Å²) < 4.78 is 45.9. The van der Waals surface area contributed by atoms with Crippen molar-refractivity contribution in [1.82, 2.24) is 9.78 Å². The van der Waals surface area contributed by atoms with Crippen molar-refractivity contribution in [2.75, 3.05) is 18.5 Å². The Bertz CT molecular complexity index is 833. The number of carbonyl (C=O) groups excluding carboxylic acids is 2. The number of nitrogens with zero attached hydrogens (tertiary/aromatic N) is 2. The number of benzene rings is 1. The van der Waals surface area contributed by atoms with E-state index >= 15 is 0 Å². The number of aromatic nitrogens is 2. The van der Waals surface area contributed by atoms with Crippen LogP contribution >= 0.6 is 0 Å². The lowest BCUT2D eigenvalue weighted by molar-refractivity contribution is -0.143.